The zero-order valence-corrected chi connectivity index (χ0v) is 15.0. The number of carbonyl (C=O) groups excluding carboxylic acids is 1. The number of Topliss-reactive ketones (excluding diaryl/α,β-unsaturated/α-hetero) is 1. The molecule has 0 aliphatic carbocycles. The average Bonchev–Trinajstić information content (AvgIpc) is 3.35. The molecule has 1 aromatic carbocycles. The SMILES string of the molecule is Cn1cc(-c2ccc3nnc(CC(=O)c4cc5ccoc5cn4)cc3c2)cn1. The minimum absolute atomic E-state index is 0.111. The van der Waals surface area contributed by atoms with Crippen molar-refractivity contribution in [2.24, 2.45) is 7.05 Å². The quantitative estimate of drug-likeness (QED) is 0.450. The highest BCUT2D eigenvalue weighted by Gasteiger charge is 2.13. The Balaban J connectivity index is 1.45. The molecule has 0 saturated heterocycles. The van der Waals surface area contributed by atoms with E-state index in [0.29, 0.717) is 17.0 Å². The van der Waals surface area contributed by atoms with E-state index in [1.807, 2.05) is 49.8 Å². The molecule has 0 aliphatic rings. The summed E-state index contributed by atoms with van der Waals surface area (Å²) in [4.78, 5) is 16.8. The van der Waals surface area contributed by atoms with E-state index in [0.717, 1.165) is 27.4 Å². The van der Waals surface area contributed by atoms with E-state index in [2.05, 4.69) is 20.3 Å². The van der Waals surface area contributed by atoms with Gasteiger partial charge >= 0.3 is 0 Å². The molecule has 0 spiro atoms. The third-order valence-electron chi connectivity index (χ3n) is 4.64. The molecular weight excluding hydrogens is 354 g/mol. The summed E-state index contributed by atoms with van der Waals surface area (Å²) in [6, 6.07) is 11.4. The zero-order valence-electron chi connectivity index (χ0n) is 15.0. The van der Waals surface area contributed by atoms with Crippen molar-refractivity contribution >= 4 is 27.7 Å². The Labute approximate surface area is 159 Å². The number of benzene rings is 1. The summed E-state index contributed by atoms with van der Waals surface area (Å²) < 4.78 is 7.03. The predicted molar refractivity (Wildman–Crippen MR) is 104 cm³/mol. The first-order valence-corrected chi connectivity index (χ1v) is 8.77. The highest BCUT2D eigenvalue weighted by Crippen LogP contribution is 2.23. The van der Waals surface area contributed by atoms with Gasteiger partial charge in [0.15, 0.2) is 11.4 Å². The summed E-state index contributed by atoms with van der Waals surface area (Å²) >= 11 is 0. The number of pyridine rings is 1. The van der Waals surface area contributed by atoms with Gasteiger partial charge in [0.2, 0.25) is 0 Å². The van der Waals surface area contributed by atoms with E-state index in [9.17, 15) is 4.79 Å². The summed E-state index contributed by atoms with van der Waals surface area (Å²) in [5, 5.41) is 14.4. The molecule has 4 aromatic heterocycles. The molecule has 0 amide bonds. The van der Waals surface area contributed by atoms with Crippen LogP contribution in [0.4, 0.5) is 0 Å². The van der Waals surface area contributed by atoms with Crippen LogP contribution in [-0.2, 0) is 13.5 Å². The number of hydrogen-bond donors (Lipinski definition) is 0. The lowest BCUT2D eigenvalue weighted by atomic mass is 10.0. The third-order valence-corrected chi connectivity index (χ3v) is 4.64. The van der Waals surface area contributed by atoms with Crippen molar-refractivity contribution in [3.63, 3.8) is 0 Å². The molecule has 7 nitrogen and oxygen atoms in total. The van der Waals surface area contributed by atoms with Gasteiger partial charge in [-0.15, -0.1) is 0 Å². The topological polar surface area (TPSA) is 86.7 Å². The van der Waals surface area contributed by atoms with Gasteiger partial charge in [0.25, 0.3) is 0 Å². The number of carbonyl (C=O) groups is 1. The summed E-state index contributed by atoms with van der Waals surface area (Å²) in [7, 11) is 1.88. The van der Waals surface area contributed by atoms with Crippen LogP contribution in [0.3, 0.4) is 0 Å². The largest absolute Gasteiger partial charge is 0.463 e. The normalized spacial score (nSPS) is 11.3. The van der Waals surface area contributed by atoms with Crippen molar-refractivity contribution in [1.82, 2.24) is 25.0 Å². The molecular formula is C21H15N5O2. The lowest BCUT2D eigenvalue weighted by molar-refractivity contribution is 0.0987. The average molecular weight is 369 g/mol. The highest BCUT2D eigenvalue weighted by atomic mass is 16.3. The molecule has 0 unspecified atom stereocenters. The Bertz CT molecular complexity index is 1340. The van der Waals surface area contributed by atoms with Crippen molar-refractivity contribution in [3.05, 3.63) is 72.6 Å². The molecule has 0 N–H and O–H groups in total. The van der Waals surface area contributed by atoms with Crippen LogP contribution in [0.5, 0.6) is 0 Å². The van der Waals surface area contributed by atoms with Crippen molar-refractivity contribution < 1.29 is 9.21 Å². The van der Waals surface area contributed by atoms with Gasteiger partial charge in [-0.05, 0) is 35.9 Å². The molecule has 5 rings (SSSR count). The Morgan fingerprint density at radius 1 is 1.04 bits per heavy atom. The fourth-order valence-corrected chi connectivity index (χ4v) is 3.20. The number of fused-ring (bicyclic) bond motifs is 2. The van der Waals surface area contributed by atoms with Gasteiger partial charge in [-0.1, -0.05) is 6.07 Å². The number of aryl methyl sites for hydroxylation is 1. The van der Waals surface area contributed by atoms with E-state index in [4.69, 9.17) is 4.42 Å². The number of ketones is 1. The van der Waals surface area contributed by atoms with Gasteiger partial charge in [0.1, 0.15) is 5.69 Å². The summed E-state index contributed by atoms with van der Waals surface area (Å²) in [5.41, 5.74) is 4.50. The second kappa shape index (κ2) is 6.38. The first-order valence-electron chi connectivity index (χ1n) is 8.77. The molecule has 0 fully saturated rings. The Kier molecular flexibility index (Phi) is 3.72. The number of aromatic nitrogens is 5. The molecule has 0 saturated carbocycles. The van der Waals surface area contributed by atoms with Crippen molar-refractivity contribution in [1.29, 1.82) is 0 Å². The lowest BCUT2D eigenvalue weighted by Crippen LogP contribution is -2.07. The summed E-state index contributed by atoms with van der Waals surface area (Å²) in [6.45, 7) is 0. The number of furan rings is 1. The molecule has 0 aliphatic heterocycles. The van der Waals surface area contributed by atoms with Crippen LogP contribution >= 0.6 is 0 Å². The number of rotatable bonds is 4. The molecule has 28 heavy (non-hydrogen) atoms. The van der Waals surface area contributed by atoms with Gasteiger partial charge in [-0.25, -0.2) is 4.98 Å². The Morgan fingerprint density at radius 2 is 1.96 bits per heavy atom. The van der Waals surface area contributed by atoms with Gasteiger partial charge in [0, 0.05) is 29.6 Å². The Hall–Kier alpha value is -3.87. The van der Waals surface area contributed by atoms with Crippen LogP contribution in [0.15, 0.2) is 65.7 Å². The summed E-state index contributed by atoms with van der Waals surface area (Å²) in [5.74, 6) is -0.111. The van der Waals surface area contributed by atoms with E-state index in [1.165, 1.54) is 0 Å². The van der Waals surface area contributed by atoms with Gasteiger partial charge in [-0.2, -0.15) is 15.3 Å². The van der Waals surface area contributed by atoms with Crippen molar-refractivity contribution in [2.75, 3.05) is 0 Å². The third kappa shape index (κ3) is 2.92. The van der Waals surface area contributed by atoms with Gasteiger partial charge in [-0.3, -0.25) is 9.48 Å². The molecule has 0 radical (unpaired) electrons. The molecule has 4 heterocycles. The summed E-state index contributed by atoms with van der Waals surface area (Å²) in [6.07, 6.45) is 7.05. The first-order chi connectivity index (χ1) is 13.7. The van der Waals surface area contributed by atoms with Crippen LogP contribution in [0.1, 0.15) is 16.2 Å². The smallest absolute Gasteiger partial charge is 0.187 e. The van der Waals surface area contributed by atoms with E-state index in [-0.39, 0.29) is 12.2 Å². The van der Waals surface area contributed by atoms with Crippen LogP contribution in [0.2, 0.25) is 0 Å². The standard InChI is InChI=1S/C21H15N5O2/c1-26-12-16(10-23-26)13-2-3-18-15(6-13)7-17(24-25-18)9-20(27)19-8-14-4-5-28-21(14)11-22-19/h2-8,10-12H,9H2,1H3. The van der Waals surface area contributed by atoms with Crippen LogP contribution < -0.4 is 0 Å². The first kappa shape index (κ1) is 16.3. The maximum absolute atomic E-state index is 12.6. The van der Waals surface area contributed by atoms with Crippen molar-refractivity contribution in [3.8, 4) is 11.1 Å². The second-order valence-corrected chi connectivity index (χ2v) is 6.64. The van der Waals surface area contributed by atoms with Crippen LogP contribution in [-0.4, -0.2) is 30.7 Å². The Morgan fingerprint density at radius 3 is 2.82 bits per heavy atom. The van der Waals surface area contributed by atoms with E-state index < -0.39 is 0 Å². The molecule has 7 heteroatoms. The minimum Gasteiger partial charge on any atom is -0.463 e. The van der Waals surface area contributed by atoms with Crippen LogP contribution in [0.25, 0.3) is 33.0 Å². The molecule has 0 bridgehead atoms. The molecule has 0 atom stereocenters. The monoisotopic (exact) mass is 369 g/mol. The zero-order chi connectivity index (χ0) is 19.1. The van der Waals surface area contributed by atoms with E-state index >= 15 is 0 Å². The van der Waals surface area contributed by atoms with E-state index in [1.54, 1.807) is 23.2 Å². The highest BCUT2D eigenvalue weighted by molar-refractivity contribution is 5.98. The maximum Gasteiger partial charge on any atom is 0.187 e. The van der Waals surface area contributed by atoms with Gasteiger partial charge in [0.05, 0.1) is 36.3 Å². The fraction of sp³-hybridized carbons (Fsp3) is 0.0952. The molecule has 136 valence electrons. The van der Waals surface area contributed by atoms with Crippen LogP contribution in [0, 0.1) is 0 Å². The number of hydrogen-bond acceptors (Lipinski definition) is 6. The lowest BCUT2D eigenvalue weighted by Gasteiger charge is -2.04. The van der Waals surface area contributed by atoms with Gasteiger partial charge < -0.3 is 4.42 Å². The molecule has 5 aromatic rings. The van der Waals surface area contributed by atoms with Crippen molar-refractivity contribution in [2.45, 2.75) is 6.42 Å². The number of nitrogens with zero attached hydrogens (tertiary/aromatic N) is 5. The fourth-order valence-electron chi connectivity index (χ4n) is 3.20. The minimum atomic E-state index is -0.111. The maximum atomic E-state index is 12.6. The second-order valence-electron chi connectivity index (χ2n) is 6.64. The predicted octanol–water partition coefficient (Wildman–Crippen LogP) is 3.60.